The molecule has 1 unspecified atom stereocenters. The summed E-state index contributed by atoms with van der Waals surface area (Å²) in [4.78, 5) is 2.52. The van der Waals surface area contributed by atoms with Gasteiger partial charge in [0.1, 0.15) is 0 Å². The van der Waals surface area contributed by atoms with Crippen LogP contribution in [0.5, 0.6) is 0 Å². The van der Waals surface area contributed by atoms with E-state index in [1.54, 1.807) is 0 Å². The molecule has 1 atom stereocenters. The Morgan fingerprint density at radius 3 is 3.07 bits per heavy atom. The van der Waals surface area contributed by atoms with Crippen LogP contribution in [0.4, 0.5) is 0 Å². The zero-order valence-corrected chi connectivity index (χ0v) is 9.26. The molecule has 0 radical (unpaired) electrons. The van der Waals surface area contributed by atoms with Crippen LogP contribution in [0.2, 0.25) is 0 Å². The maximum absolute atomic E-state index is 5.18. The molecule has 1 saturated heterocycles. The topological polar surface area (TPSA) is 15.3 Å². The van der Waals surface area contributed by atoms with E-state index in [9.17, 15) is 0 Å². The zero-order valence-electron chi connectivity index (χ0n) is 9.26. The van der Waals surface area contributed by atoms with Crippen LogP contribution in [-0.4, -0.2) is 37.6 Å². The summed E-state index contributed by atoms with van der Waals surface area (Å²) in [5.74, 6) is 3.53. The van der Waals surface area contributed by atoms with Crippen molar-refractivity contribution in [2.24, 2.45) is 5.92 Å². The van der Waals surface area contributed by atoms with Crippen LogP contribution in [0.3, 0.4) is 0 Å². The second-order valence-corrected chi connectivity index (χ2v) is 4.06. The van der Waals surface area contributed by atoms with Gasteiger partial charge in [-0.05, 0) is 44.9 Å². The molecule has 0 spiro atoms. The van der Waals surface area contributed by atoms with E-state index in [1.807, 2.05) is 0 Å². The van der Waals surface area contributed by atoms with Crippen molar-refractivity contribution in [3.8, 4) is 12.3 Å². The third-order valence-electron chi connectivity index (χ3n) is 2.92. The quantitative estimate of drug-likeness (QED) is 0.507. The fourth-order valence-electron chi connectivity index (χ4n) is 1.99. The third kappa shape index (κ3) is 4.13. The van der Waals surface area contributed by atoms with Gasteiger partial charge >= 0.3 is 0 Å². The van der Waals surface area contributed by atoms with E-state index in [-0.39, 0.29) is 0 Å². The first-order chi connectivity index (χ1) is 6.86. The largest absolute Gasteiger partial charge is 0.316 e. The van der Waals surface area contributed by atoms with Crippen LogP contribution in [0.25, 0.3) is 0 Å². The fourth-order valence-corrected chi connectivity index (χ4v) is 1.99. The number of terminal acetylenes is 1. The highest BCUT2D eigenvalue weighted by molar-refractivity contribution is 4.83. The third-order valence-corrected chi connectivity index (χ3v) is 2.92. The van der Waals surface area contributed by atoms with Crippen molar-refractivity contribution in [2.45, 2.75) is 26.2 Å². The summed E-state index contributed by atoms with van der Waals surface area (Å²) in [7, 11) is 0. The molecule has 0 aliphatic carbocycles. The van der Waals surface area contributed by atoms with Crippen LogP contribution in [0.1, 0.15) is 26.2 Å². The highest BCUT2D eigenvalue weighted by atomic mass is 15.1. The van der Waals surface area contributed by atoms with Crippen LogP contribution >= 0.6 is 0 Å². The number of rotatable bonds is 6. The van der Waals surface area contributed by atoms with E-state index in [4.69, 9.17) is 6.42 Å². The number of nitrogens with zero attached hydrogens (tertiary/aromatic N) is 1. The lowest BCUT2D eigenvalue weighted by Gasteiger charge is -2.13. The van der Waals surface area contributed by atoms with Gasteiger partial charge in [-0.3, -0.25) is 0 Å². The Balaban J connectivity index is 1.95. The van der Waals surface area contributed by atoms with Gasteiger partial charge in [-0.1, -0.05) is 6.92 Å². The minimum Gasteiger partial charge on any atom is -0.316 e. The van der Waals surface area contributed by atoms with Gasteiger partial charge in [-0.15, -0.1) is 12.3 Å². The molecule has 80 valence electrons. The van der Waals surface area contributed by atoms with Gasteiger partial charge in [0.25, 0.3) is 0 Å². The summed E-state index contributed by atoms with van der Waals surface area (Å²) in [6, 6.07) is 0. The summed E-state index contributed by atoms with van der Waals surface area (Å²) in [5, 5.41) is 3.48. The van der Waals surface area contributed by atoms with Gasteiger partial charge in [-0.2, -0.15) is 0 Å². The highest BCUT2D eigenvalue weighted by Crippen LogP contribution is 2.14. The molecule has 1 heterocycles. The number of unbranched alkanes of at least 4 members (excludes halogenated alkanes) is 1. The molecule has 0 saturated carbocycles. The first kappa shape index (κ1) is 11.6. The maximum atomic E-state index is 5.18. The maximum Gasteiger partial charge on any atom is 0.00981 e. The minimum absolute atomic E-state index is 0.862. The molecule has 1 rings (SSSR count). The van der Waals surface area contributed by atoms with Crippen molar-refractivity contribution in [1.82, 2.24) is 10.2 Å². The lowest BCUT2D eigenvalue weighted by molar-refractivity contribution is 0.339. The van der Waals surface area contributed by atoms with E-state index in [2.05, 4.69) is 23.1 Å². The van der Waals surface area contributed by atoms with E-state index < -0.39 is 0 Å². The predicted molar refractivity (Wildman–Crippen MR) is 61.2 cm³/mol. The standard InChI is InChI=1S/C12H22N2/c1-3-5-6-8-13-10-12-7-9-14(4-2)11-12/h1,12-13H,4-11H2,2H3. The molecule has 14 heavy (non-hydrogen) atoms. The van der Waals surface area contributed by atoms with Gasteiger partial charge in [-0.25, -0.2) is 0 Å². The monoisotopic (exact) mass is 194 g/mol. The molecule has 2 heteroatoms. The Labute approximate surface area is 88.1 Å². The predicted octanol–water partition coefficient (Wildman–Crippen LogP) is 1.33. The Morgan fingerprint density at radius 2 is 2.43 bits per heavy atom. The summed E-state index contributed by atoms with van der Waals surface area (Å²) in [6.07, 6.45) is 8.56. The molecule has 0 bridgehead atoms. The molecule has 0 aromatic carbocycles. The van der Waals surface area contributed by atoms with Crippen molar-refractivity contribution in [3.63, 3.8) is 0 Å². The van der Waals surface area contributed by atoms with Gasteiger partial charge in [0.05, 0.1) is 0 Å². The van der Waals surface area contributed by atoms with Gasteiger partial charge in [0, 0.05) is 13.0 Å². The number of hydrogen-bond acceptors (Lipinski definition) is 2. The van der Waals surface area contributed by atoms with Crippen LogP contribution in [-0.2, 0) is 0 Å². The summed E-state index contributed by atoms with van der Waals surface area (Å²) >= 11 is 0. The van der Waals surface area contributed by atoms with Crippen molar-refractivity contribution in [3.05, 3.63) is 0 Å². The van der Waals surface area contributed by atoms with Crippen LogP contribution in [0, 0.1) is 18.3 Å². The SMILES string of the molecule is C#CCCCNCC1CCN(CC)C1. The second-order valence-electron chi connectivity index (χ2n) is 4.06. The molecular weight excluding hydrogens is 172 g/mol. The van der Waals surface area contributed by atoms with Gasteiger partial charge in [0.15, 0.2) is 0 Å². The fraction of sp³-hybridized carbons (Fsp3) is 0.833. The van der Waals surface area contributed by atoms with Crippen LogP contribution in [0.15, 0.2) is 0 Å². The van der Waals surface area contributed by atoms with Crippen molar-refractivity contribution in [1.29, 1.82) is 0 Å². The van der Waals surface area contributed by atoms with Gasteiger partial charge < -0.3 is 10.2 Å². The van der Waals surface area contributed by atoms with E-state index in [0.29, 0.717) is 0 Å². The highest BCUT2D eigenvalue weighted by Gasteiger charge is 2.19. The normalized spacial score (nSPS) is 22.4. The molecule has 0 amide bonds. The second kappa shape index (κ2) is 6.86. The first-order valence-electron chi connectivity index (χ1n) is 5.73. The molecule has 1 fully saturated rings. The molecule has 1 N–H and O–H groups in total. The lowest BCUT2D eigenvalue weighted by atomic mass is 10.1. The average molecular weight is 194 g/mol. The zero-order chi connectivity index (χ0) is 10.2. The minimum atomic E-state index is 0.862. The van der Waals surface area contributed by atoms with E-state index in [1.165, 1.54) is 32.6 Å². The number of likely N-dealkylation sites (tertiary alicyclic amines) is 1. The Morgan fingerprint density at radius 1 is 1.57 bits per heavy atom. The van der Waals surface area contributed by atoms with Crippen molar-refractivity contribution < 1.29 is 0 Å². The number of nitrogens with one attached hydrogen (secondary N) is 1. The Hall–Kier alpha value is -0.520. The average Bonchev–Trinajstić information content (AvgIpc) is 2.65. The van der Waals surface area contributed by atoms with E-state index in [0.717, 1.165) is 25.3 Å². The first-order valence-corrected chi connectivity index (χ1v) is 5.73. The van der Waals surface area contributed by atoms with Crippen molar-refractivity contribution in [2.75, 3.05) is 32.7 Å². The molecule has 1 aliphatic heterocycles. The lowest BCUT2D eigenvalue weighted by Crippen LogP contribution is -2.27. The van der Waals surface area contributed by atoms with Crippen LogP contribution < -0.4 is 5.32 Å². The number of hydrogen-bond donors (Lipinski definition) is 1. The summed E-state index contributed by atoms with van der Waals surface area (Å²) in [5.41, 5.74) is 0. The summed E-state index contributed by atoms with van der Waals surface area (Å²) < 4.78 is 0. The Bertz CT molecular complexity index is 183. The molecular formula is C12H22N2. The van der Waals surface area contributed by atoms with E-state index >= 15 is 0 Å². The molecule has 2 nitrogen and oxygen atoms in total. The molecule has 1 aliphatic rings. The Kier molecular flexibility index (Phi) is 5.66. The molecule has 0 aromatic heterocycles. The van der Waals surface area contributed by atoms with Crippen molar-refractivity contribution >= 4 is 0 Å². The summed E-state index contributed by atoms with van der Waals surface area (Å²) in [6.45, 7) is 8.25. The molecule has 0 aromatic rings. The van der Waals surface area contributed by atoms with Gasteiger partial charge in [0.2, 0.25) is 0 Å². The smallest absolute Gasteiger partial charge is 0.00981 e.